The quantitative estimate of drug-likeness (QED) is 0.440. The van der Waals surface area contributed by atoms with Crippen molar-refractivity contribution in [1.29, 1.82) is 0 Å². The van der Waals surface area contributed by atoms with E-state index >= 15 is 0 Å². The molecule has 0 amide bonds. The fourth-order valence-electron chi connectivity index (χ4n) is 4.74. The summed E-state index contributed by atoms with van der Waals surface area (Å²) in [6.45, 7) is 4.34. The average molecular weight is 436 g/mol. The summed E-state index contributed by atoms with van der Waals surface area (Å²) < 4.78 is 13.4. The lowest BCUT2D eigenvalue weighted by Gasteiger charge is -2.22. The summed E-state index contributed by atoms with van der Waals surface area (Å²) in [5.41, 5.74) is 6.87. The molecule has 6 rings (SSSR count). The molecule has 6 heteroatoms. The number of nitrogens with zero attached hydrogens (tertiary/aromatic N) is 3. The number of fused-ring (bicyclic) bond motifs is 2. The van der Waals surface area contributed by atoms with Gasteiger partial charge in [0.25, 0.3) is 0 Å². The summed E-state index contributed by atoms with van der Waals surface area (Å²) in [5, 5.41) is 9.85. The molecular weight excluding hydrogens is 413 g/mol. The van der Waals surface area contributed by atoms with Gasteiger partial charge in [-0.15, -0.1) is 0 Å². The molecule has 0 bridgehead atoms. The summed E-state index contributed by atoms with van der Waals surface area (Å²) in [7, 11) is 0. The number of hydrogen-bond acceptors (Lipinski definition) is 3. The second-order valence-electron chi connectivity index (χ2n) is 8.64. The van der Waals surface area contributed by atoms with Gasteiger partial charge < -0.3 is 4.98 Å². The third-order valence-corrected chi connectivity index (χ3v) is 6.51. The fourth-order valence-corrected chi connectivity index (χ4v) is 4.74. The van der Waals surface area contributed by atoms with E-state index in [1.54, 1.807) is 12.1 Å². The van der Waals surface area contributed by atoms with Crippen molar-refractivity contribution >= 4 is 23.2 Å². The van der Waals surface area contributed by atoms with Gasteiger partial charge in [0.15, 0.2) is 5.82 Å². The number of aromatic nitrogens is 5. The zero-order valence-corrected chi connectivity index (χ0v) is 18.3. The predicted molar refractivity (Wildman–Crippen MR) is 128 cm³/mol. The van der Waals surface area contributed by atoms with Crippen molar-refractivity contribution in [3.8, 4) is 22.6 Å². The molecule has 2 aromatic carbocycles. The lowest BCUT2D eigenvalue weighted by molar-refractivity contribution is 0.628. The van der Waals surface area contributed by atoms with Gasteiger partial charge >= 0.3 is 0 Å². The molecular formula is C27H22FN5. The van der Waals surface area contributed by atoms with Crippen LogP contribution in [0.1, 0.15) is 24.0 Å². The van der Waals surface area contributed by atoms with Gasteiger partial charge in [0.2, 0.25) is 0 Å². The molecule has 3 aromatic heterocycles. The van der Waals surface area contributed by atoms with E-state index in [1.165, 1.54) is 23.3 Å². The first kappa shape index (κ1) is 19.6. The maximum absolute atomic E-state index is 13.4. The highest BCUT2D eigenvalue weighted by molar-refractivity contribution is 5.93. The normalized spacial score (nSPS) is 17.4. The number of hydrogen-bond donors (Lipinski definition) is 2. The topological polar surface area (TPSA) is 70.2 Å². The first-order chi connectivity index (χ1) is 16.1. The van der Waals surface area contributed by atoms with Crippen LogP contribution in [0, 0.1) is 18.7 Å². The minimum Gasteiger partial charge on any atom is -0.337 e. The Kier molecular flexibility index (Phi) is 4.47. The molecule has 3 heterocycles. The summed E-state index contributed by atoms with van der Waals surface area (Å²) in [5.74, 6) is 0.977. The van der Waals surface area contributed by atoms with Crippen LogP contribution >= 0.6 is 0 Å². The van der Waals surface area contributed by atoms with E-state index in [-0.39, 0.29) is 11.7 Å². The van der Waals surface area contributed by atoms with E-state index < -0.39 is 0 Å². The number of benzene rings is 2. The van der Waals surface area contributed by atoms with E-state index in [9.17, 15) is 4.39 Å². The van der Waals surface area contributed by atoms with Crippen LogP contribution in [0.15, 0.2) is 60.9 Å². The van der Waals surface area contributed by atoms with Gasteiger partial charge in [-0.25, -0.2) is 9.37 Å². The molecule has 0 spiro atoms. The Morgan fingerprint density at radius 2 is 1.85 bits per heavy atom. The SMILES string of the molecule is Cc1ccncc1C1C=c2c(-c3nc4c(-c5ccc(F)cc5)cccc4[nH]3)n[nH]c2=C[C@@H]1C. The third kappa shape index (κ3) is 3.26. The summed E-state index contributed by atoms with van der Waals surface area (Å²) in [6, 6.07) is 14.5. The van der Waals surface area contributed by atoms with Crippen molar-refractivity contribution in [2.45, 2.75) is 19.8 Å². The first-order valence-electron chi connectivity index (χ1n) is 11.0. The van der Waals surface area contributed by atoms with E-state index in [4.69, 9.17) is 4.98 Å². The highest BCUT2D eigenvalue weighted by atomic mass is 19.1. The van der Waals surface area contributed by atoms with Crippen molar-refractivity contribution in [2.75, 3.05) is 0 Å². The van der Waals surface area contributed by atoms with Crippen LogP contribution in [0.5, 0.6) is 0 Å². The fraction of sp³-hybridized carbons (Fsp3) is 0.148. The largest absolute Gasteiger partial charge is 0.337 e. The zero-order chi connectivity index (χ0) is 22.5. The third-order valence-electron chi connectivity index (χ3n) is 6.51. The van der Waals surface area contributed by atoms with E-state index in [1.807, 2.05) is 30.6 Å². The second-order valence-corrected chi connectivity index (χ2v) is 8.64. The molecule has 1 aliphatic rings. The highest BCUT2D eigenvalue weighted by Gasteiger charge is 2.23. The maximum Gasteiger partial charge on any atom is 0.159 e. The minimum atomic E-state index is -0.254. The number of halogens is 1. The lowest BCUT2D eigenvalue weighted by atomic mass is 9.82. The summed E-state index contributed by atoms with van der Waals surface area (Å²) in [4.78, 5) is 12.7. The van der Waals surface area contributed by atoms with Crippen LogP contribution in [-0.2, 0) is 0 Å². The second kappa shape index (κ2) is 7.52. The van der Waals surface area contributed by atoms with Crippen LogP contribution in [0.25, 0.3) is 45.8 Å². The molecule has 1 unspecified atom stereocenters. The molecule has 33 heavy (non-hydrogen) atoms. The predicted octanol–water partition coefficient (Wildman–Crippen LogP) is 4.46. The van der Waals surface area contributed by atoms with Crippen LogP contribution in [0.3, 0.4) is 0 Å². The molecule has 5 nitrogen and oxygen atoms in total. The highest BCUT2D eigenvalue weighted by Crippen LogP contribution is 2.32. The Bertz CT molecular complexity index is 1610. The maximum atomic E-state index is 13.4. The average Bonchev–Trinajstić information content (AvgIpc) is 3.43. The van der Waals surface area contributed by atoms with Gasteiger partial charge in [0.1, 0.15) is 11.5 Å². The molecule has 1 aliphatic carbocycles. The zero-order valence-electron chi connectivity index (χ0n) is 18.3. The van der Waals surface area contributed by atoms with Gasteiger partial charge in [0.05, 0.1) is 16.4 Å². The van der Waals surface area contributed by atoms with Crippen molar-refractivity contribution in [2.24, 2.45) is 5.92 Å². The number of aryl methyl sites for hydroxylation is 1. The molecule has 0 fully saturated rings. The molecule has 0 radical (unpaired) electrons. The van der Waals surface area contributed by atoms with E-state index in [2.05, 4.69) is 52.2 Å². The van der Waals surface area contributed by atoms with Crippen LogP contribution in [0.2, 0.25) is 0 Å². The van der Waals surface area contributed by atoms with Crippen LogP contribution in [-0.4, -0.2) is 25.1 Å². The van der Waals surface area contributed by atoms with Crippen LogP contribution < -0.4 is 10.6 Å². The van der Waals surface area contributed by atoms with E-state index in [0.29, 0.717) is 11.7 Å². The number of pyridine rings is 1. The molecule has 0 saturated heterocycles. The molecule has 162 valence electrons. The number of para-hydroxylation sites is 1. The Balaban J connectivity index is 1.50. The van der Waals surface area contributed by atoms with E-state index in [0.717, 1.165) is 38.4 Å². The molecule has 2 atom stereocenters. The standard InChI is InChI=1S/C27H22FN5/c1-15-10-11-29-14-22(15)20-13-21-24(12-16(20)2)32-33-26(21)27-30-23-5-3-4-19(25(23)31-27)17-6-8-18(28)9-7-17/h3-14,16,20,32H,1-2H3,(H,30,31)/t16-,20?/m0/s1. The summed E-state index contributed by atoms with van der Waals surface area (Å²) in [6.07, 6.45) is 8.30. The Hall–Kier alpha value is -4.06. The van der Waals surface area contributed by atoms with Gasteiger partial charge in [-0.1, -0.05) is 43.3 Å². The van der Waals surface area contributed by atoms with Gasteiger partial charge in [-0.05, 0) is 53.8 Å². The number of rotatable bonds is 3. The molecule has 2 N–H and O–H groups in total. The minimum absolute atomic E-state index is 0.210. The van der Waals surface area contributed by atoms with Crippen molar-refractivity contribution in [3.05, 3.63) is 88.4 Å². The molecule has 0 aliphatic heterocycles. The number of H-pyrrole nitrogens is 2. The number of aromatic amines is 2. The number of imidazole rings is 1. The molecule has 5 aromatic rings. The van der Waals surface area contributed by atoms with Crippen LogP contribution in [0.4, 0.5) is 4.39 Å². The van der Waals surface area contributed by atoms with Crippen molar-refractivity contribution < 1.29 is 4.39 Å². The van der Waals surface area contributed by atoms with Gasteiger partial charge in [-0.3, -0.25) is 10.1 Å². The smallest absolute Gasteiger partial charge is 0.159 e. The van der Waals surface area contributed by atoms with Gasteiger partial charge in [-0.2, -0.15) is 5.10 Å². The Morgan fingerprint density at radius 3 is 2.67 bits per heavy atom. The van der Waals surface area contributed by atoms with Crippen molar-refractivity contribution in [1.82, 2.24) is 25.1 Å². The Labute approximate surface area is 189 Å². The molecule has 0 saturated carbocycles. The monoisotopic (exact) mass is 435 g/mol. The lowest BCUT2D eigenvalue weighted by Crippen LogP contribution is -2.31. The van der Waals surface area contributed by atoms with Gasteiger partial charge in [0, 0.05) is 29.1 Å². The Morgan fingerprint density at radius 1 is 1.00 bits per heavy atom. The number of nitrogens with one attached hydrogen (secondary N) is 2. The summed E-state index contributed by atoms with van der Waals surface area (Å²) >= 11 is 0. The van der Waals surface area contributed by atoms with Crippen molar-refractivity contribution in [3.63, 3.8) is 0 Å². The first-order valence-corrected chi connectivity index (χ1v) is 11.0.